The van der Waals surface area contributed by atoms with Crippen molar-refractivity contribution in [1.29, 1.82) is 0 Å². The van der Waals surface area contributed by atoms with Gasteiger partial charge in [0.2, 0.25) is 0 Å². The third-order valence-corrected chi connectivity index (χ3v) is 5.50. The summed E-state index contributed by atoms with van der Waals surface area (Å²) in [6, 6.07) is 6.63. The minimum Gasteiger partial charge on any atom is -0.336 e. The predicted molar refractivity (Wildman–Crippen MR) is 103 cm³/mol. The molecule has 2 heterocycles. The molecule has 2 aromatic heterocycles. The second-order valence-electron chi connectivity index (χ2n) is 7.04. The highest BCUT2D eigenvalue weighted by Gasteiger charge is 2.21. The number of hydrogen-bond acceptors (Lipinski definition) is 5. The topological polar surface area (TPSA) is 98.9 Å². The molecule has 9 heteroatoms. The Morgan fingerprint density at radius 3 is 2.63 bits per heavy atom. The number of nitrogens with zero attached hydrogens (tertiary/aromatic N) is 4. The average molecular weight is 389 g/mol. The molecule has 0 radical (unpaired) electrons. The van der Waals surface area contributed by atoms with Gasteiger partial charge in [0.1, 0.15) is 0 Å². The molecule has 0 saturated heterocycles. The van der Waals surface area contributed by atoms with E-state index in [1.54, 1.807) is 29.8 Å². The van der Waals surface area contributed by atoms with Crippen LogP contribution in [0.5, 0.6) is 0 Å². The first-order chi connectivity index (χ1) is 12.8. The first-order valence-corrected chi connectivity index (χ1v) is 10.2. The van der Waals surface area contributed by atoms with Crippen LogP contribution in [0.15, 0.2) is 52.8 Å². The molecule has 0 fully saturated rings. The third kappa shape index (κ3) is 4.42. The molecule has 1 N–H and O–H groups in total. The number of sulfonamides is 1. The van der Waals surface area contributed by atoms with Gasteiger partial charge in [0.15, 0.2) is 5.03 Å². The van der Waals surface area contributed by atoms with Crippen molar-refractivity contribution in [3.05, 3.63) is 53.3 Å². The Balaban J connectivity index is 1.75. The molecule has 0 aliphatic rings. The monoisotopic (exact) mass is 389 g/mol. The largest absolute Gasteiger partial charge is 0.336 e. The lowest BCUT2D eigenvalue weighted by Gasteiger charge is -2.14. The van der Waals surface area contributed by atoms with E-state index >= 15 is 0 Å². The molecule has 27 heavy (non-hydrogen) atoms. The van der Waals surface area contributed by atoms with Gasteiger partial charge < -0.3 is 4.57 Å². The van der Waals surface area contributed by atoms with E-state index in [2.05, 4.69) is 14.8 Å². The second-order valence-corrected chi connectivity index (χ2v) is 8.70. The smallest absolute Gasteiger partial charge is 0.274 e. The molecule has 0 amide bonds. The average Bonchev–Trinajstić information content (AvgIpc) is 3.06. The first-order valence-electron chi connectivity index (χ1n) is 8.75. The zero-order valence-electron chi connectivity index (χ0n) is 15.5. The number of fused-ring (bicyclic) bond motifs is 1. The van der Waals surface area contributed by atoms with E-state index in [4.69, 9.17) is 0 Å². The number of aromatic nitrogens is 4. The molecular weight excluding hydrogens is 366 g/mol. The van der Waals surface area contributed by atoms with E-state index in [-0.39, 0.29) is 17.1 Å². The van der Waals surface area contributed by atoms with Gasteiger partial charge in [0, 0.05) is 24.2 Å². The minimum absolute atomic E-state index is 0.0335. The standard InChI is InChI=1S/C18H23N5O3S/c1-13(2)9-22-11-17(19-12-22)27(25,26)21-14(3)10-23-18(24)16-7-5-4-6-15(16)8-20-23/h4-8,11-14,21H,9-10H2,1-3H3. The molecule has 1 aromatic carbocycles. The summed E-state index contributed by atoms with van der Waals surface area (Å²) < 4.78 is 30.6. The van der Waals surface area contributed by atoms with Gasteiger partial charge >= 0.3 is 0 Å². The predicted octanol–water partition coefficient (Wildman–Crippen LogP) is 1.62. The fraction of sp³-hybridized carbons (Fsp3) is 0.389. The summed E-state index contributed by atoms with van der Waals surface area (Å²) in [5.74, 6) is 0.382. The summed E-state index contributed by atoms with van der Waals surface area (Å²) in [6.45, 7) is 6.58. The van der Waals surface area contributed by atoms with Crippen molar-refractivity contribution >= 4 is 20.8 Å². The molecule has 0 saturated carbocycles. The van der Waals surface area contributed by atoms with Gasteiger partial charge in [-0.3, -0.25) is 4.79 Å². The highest BCUT2D eigenvalue weighted by atomic mass is 32.2. The summed E-state index contributed by atoms with van der Waals surface area (Å²) in [4.78, 5) is 16.5. The van der Waals surface area contributed by atoms with E-state index in [0.717, 1.165) is 5.39 Å². The van der Waals surface area contributed by atoms with Crippen LogP contribution in [-0.4, -0.2) is 33.8 Å². The van der Waals surface area contributed by atoms with Crippen molar-refractivity contribution in [1.82, 2.24) is 24.1 Å². The maximum absolute atomic E-state index is 12.5. The second kappa shape index (κ2) is 7.61. The van der Waals surface area contributed by atoms with Crippen LogP contribution in [0, 0.1) is 5.92 Å². The van der Waals surface area contributed by atoms with Crippen molar-refractivity contribution in [2.45, 2.75) is 44.9 Å². The minimum atomic E-state index is -3.78. The fourth-order valence-corrected chi connectivity index (χ4v) is 4.06. The van der Waals surface area contributed by atoms with Crippen molar-refractivity contribution < 1.29 is 8.42 Å². The molecule has 1 atom stereocenters. The molecular formula is C18H23N5O3S. The lowest BCUT2D eigenvalue weighted by atomic mass is 10.2. The van der Waals surface area contributed by atoms with Crippen LogP contribution >= 0.6 is 0 Å². The summed E-state index contributed by atoms with van der Waals surface area (Å²) in [5, 5.41) is 5.41. The van der Waals surface area contributed by atoms with Gasteiger partial charge in [-0.25, -0.2) is 22.8 Å². The lowest BCUT2D eigenvalue weighted by molar-refractivity contribution is 0.479. The molecule has 0 aliphatic carbocycles. The number of rotatable bonds is 7. The van der Waals surface area contributed by atoms with Crippen LogP contribution < -0.4 is 10.3 Å². The van der Waals surface area contributed by atoms with Crippen LogP contribution in [0.3, 0.4) is 0 Å². The number of benzene rings is 1. The van der Waals surface area contributed by atoms with Crippen LogP contribution in [0.25, 0.3) is 10.8 Å². The fourth-order valence-electron chi connectivity index (χ4n) is 2.88. The Hall–Kier alpha value is -2.52. The lowest BCUT2D eigenvalue weighted by Crippen LogP contribution is -2.39. The summed E-state index contributed by atoms with van der Waals surface area (Å²) >= 11 is 0. The quantitative estimate of drug-likeness (QED) is 0.662. The van der Waals surface area contributed by atoms with Gasteiger partial charge in [0.05, 0.1) is 24.5 Å². The molecule has 8 nitrogen and oxygen atoms in total. The van der Waals surface area contributed by atoms with Crippen LogP contribution in [0.4, 0.5) is 0 Å². The van der Waals surface area contributed by atoms with Crippen LogP contribution in [0.1, 0.15) is 20.8 Å². The molecule has 144 valence electrons. The number of hydrogen-bond donors (Lipinski definition) is 1. The van der Waals surface area contributed by atoms with Gasteiger partial charge in [-0.2, -0.15) is 5.10 Å². The highest BCUT2D eigenvalue weighted by Crippen LogP contribution is 2.09. The first kappa shape index (κ1) is 19.2. The number of imidazole rings is 1. The molecule has 0 spiro atoms. The Labute approximate surface area is 157 Å². The van der Waals surface area contributed by atoms with E-state index in [0.29, 0.717) is 17.8 Å². The summed E-state index contributed by atoms with van der Waals surface area (Å²) in [6.07, 6.45) is 4.62. The Morgan fingerprint density at radius 2 is 1.89 bits per heavy atom. The maximum atomic E-state index is 12.5. The molecule has 1 unspecified atom stereocenters. The SMILES string of the molecule is CC(C)Cn1cnc(S(=O)(=O)NC(C)Cn2ncc3ccccc3c2=O)c1. The molecule has 3 aromatic rings. The molecule has 3 rings (SSSR count). The summed E-state index contributed by atoms with van der Waals surface area (Å²) in [7, 11) is -3.78. The van der Waals surface area contributed by atoms with E-state index in [1.165, 1.54) is 17.2 Å². The van der Waals surface area contributed by atoms with Crippen LogP contribution in [0.2, 0.25) is 0 Å². The van der Waals surface area contributed by atoms with Gasteiger partial charge in [0.25, 0.3) is 15.6 Å². The maximum Gasteiger partial charge on any atom is 0.274 e. The summed E-state index contributed by atoms with van der Waals surface area (Å²) in [5.41, 5.74) is -0.250. The Kier molecular flexibility index (Phi) is 5.43. The van der Waals surface area contributed by atoms with Gasteiger partial charge in [-0.15, -0.1) is 0 Å². The zero-order valence-corrected chi connectivity index (χ0v) is 16.3. The zero-order chi connectivity index (χ0) is 19.6. The highest BCUT2D eigenvalue weighted by molar-refractivity contribution is 7.89. The third-order valence-electron chi connectivity index (χ3n) is 4.03. The Bertz CT molecular complexity index is 1100. The van der Waals surface area contributed by atoms with Crippen molar-refractivity contribution in [2.75, 3.05) is 0 Å². The molecule has 0 bridgehead atoms. The van der Waals surface area contributed by atoms with Crippen molar-refractivity contribution in [2.24, 2.45) is 5.92 Å². The van der Waals surface area contributed by atoms with Gasteiger partial charge in [-0.05, 0) is 18.9 Å². The van der Waals surface area contributed by atoms with E-state index in [9.17, 15) is 13.2 Å². The number of nitrogens with one attached hydrogen (secondary N) is 1. The van der Waals surface area contributed by atoms with E-state index < -0.39 is 16.1 Å². The van der Waals surface area contributed by atoms with Crippen molar-refractivity contribution in [3.8, 4) is 0 Å². The normalized spacial score (nSPS) is 13.3. The molecule has 0 aliphatic heterocycles. The van der Waals surface area contributed by atoms with Gasteiger partial charge in [-0.1, -0.05) is 32.0 Å². The van der Waals surface area contributed by atoms with Crippen LogP contribution in [-0.2, 0) is 23.1 Å². The Morgan fingerprint density at radius 1 is 1.15 bits per heavy atom. The van der Waals surface area contributed by atoms with E-state index in [1.807, 2.05) is 26.0 Å². The van der Waals surface area contributed by atoms with Crippen molar-refractivity contribution in [3.63, 3.8) is 0 Å².